The average Bonchev–Trinajstić information content (AvgIpc) is 2.21. The van der Waals surface area contributed by atoms with Crippen molar-refractivity contribution < 1.29 is 13.6 Å². The fraction of sp³-hybridized carbons (Fsp3) is 1.00. The molecule has 0 fully saturated rings. The first-order valence-corrected chi connectivity index (χ1v) is 6.91. The van der Waals surface area contributed by atoms with E-state index in [0.717, 1.165) is 6.42 Å². The zero-order valence-corrected chi connectivity index (χ0v) is 10.9. The fourth-order valence-electron chi connectivity index (χ4n) is 0.524. The molecule has 0 saturated carbocycles. The molecule has 0 aromatic heterocycles. The third kappa shape index (κ3) is 9.72. The second kappa shape index (κ2) is 12.3. The van der Waals surface area contributed by atoms with E-state index in [1.165, 1.54) is 0 Å². The lowest BCUT2D eigenvalue weighted by Crippen LogP contribution is -2.01. The smallest absolute Gasteiger partial charge is 0.312 e. The summed E-state index contributed by atoms with van der Waals surface area (Å²) in [4.78, 5) is 0. The van der Waals surface area contributed by atoms with Gasteiger partial charge in [-0.15, -0.1) is 34.8 Å². The van der Waals surface area contributed by atoms with E-state index in [2.05, 4.69) is 0 Å². The minimum absolute atomic E-state index is 0.413. The highest BCUT2D eigenvalue weighted by atomic mass is 35.5. The van der Waals surface area contributed by atoms with Gasteiger partial charge in [0.1, 0.15) is 0 Å². The molecule has 0 amide bonds. The Labute approximate surface area is 101 Å². The first-order valence-electron chi connectivity index (χ1n) is 4.22. The maximum atomic E-state index is 5.50. The second-order valence-corrected chi connectivity index (χ2v) is 4.50. The van der Waals surface area contributed by atoms with Gasteiger partial charge in [0.25, 0.3) is 0 Å². The van der Waals surface area contributed by atoms with Crippen LogP contribution in [-0.2, 0) is 13.6 Å². The van der Waals surface area contributed by atoms with Crippen molar-refractivity contribution in [3.8, 4) is 0 Å². The Morgan fingerprint density at radius 2 is 1.21 bits per heavy atom. The summed E-state index contributed by atoms with van der Waals surface area (Å²) in [5.41, 5.74) is 0. The Kier molecular flexibility index (Phi) is 13.3. The molecule has 0 atom stereocenters. The third-order valence-electron chi connectivity index (χ3n) is 1.02. The van der Waals surface area contributed by atoms with Crippen LogP contribution >= 0.6 is 43.4 Å². The molecule has 7 heteroatoms. The van der Waals surface area contributed by atoms with E-state index in [4.69, 9.17) is 48.4 Å². The lowest BCUT2D eigenvalue weighted by atomic mass is 10.5. The molecule has 3 nitrogen and oxygen atoms in total. The van der Waals surface area contributed by atoms with E-state index in [1.54, 1.807) is 0 Å². The Morgan fingerprint density at radius 3 is 1.64 bits per heavy atom. The largest absolute Gasteiger partial charge is 0.332 e. The normalized spacial score (nSPS) is 11.1. The Morgan fingerprint density at radius 1 is 0.714 bits per heavy atom. The fourth-order valence-corrected chi connectivity index (χ4v) is 1.98. The van der Waals surface area contributed by atoms with Crippen molar-refractivity contribution in [2.75, 3.05) is 37.5 Å². The van der Waals surface area contributed by atoms with Gasteiger partial charge >= 0.3 is 8.60 Å². The van der Waals surface area contributed by atoms with Crippen molar-refractivity contribution >= 4 is 43.4 Å². The zero-order valence-electron chi connectivity index (χ0n) is 7.76. The number of hydrogen-bond acceptors (Lipinski definition) is 3. The number of rotatable bonds is 10. The average molecular weight is 284 g/mol. The van der Waals surface area contributed by atoms with E-state index in [9.17, 15) is 0 Å². The van der Waals surface area contributed by atoms with E-state index in [0.29, 0.717) is 37.5 Å². The number of halogens is 3. The van der Waals surface area contributed by atoms with Gasteiger partial charge in [-0.2, -0.15) is 0 Å². The molecule has 0 aliphatic rings. The minimum atomic E-state index is -1.31. The number of alkyl halides is 3. The molecule has 0 bridgehead atoms. The summed E-state index contributed by atoms with van der Waals surface area (Å²) < 4.78 is 15.8. The Bertz CT molecular complexity index is 112. The highest BCUT2D eigenvalue weighted by molar-refractivity contribution is 7.41. The van der Waals surface area contributed by atoms with Crippen molar-refractivity contribution in [3.63, 3.8) is 0 Å². The van der Waals surface area contributed by atoms with Crippen LogP contribution in [0.1, 0.15) is 6.42 Å². The van der Waals surface area contributed by atoms with Gasteiger partial charge in [-0.3, -0.25) is 0 Å². The van der Waals surface area contributed by atoms with Crippen molar-refractivity contribution in [1.82, 2.24) is 0 Å². The summed E-state index contributed by atoms with van der Waals surface area (Å²) in [5.74, 6) is 1.40. The summed E-state index contributed by atoms with van der Waals surface area (Å²) >= 11 is 16.4. The van der Waals surface area contributed by atoms with Crippen LogP contribution in [0.25, 0.3) is 0 Å². The maximum absolute atomic E-state index is 5.50. The third-order valence-corrected chi connectivity index (χ3v) is 2.78. The summed E-state index contributed by atoms with van der Waals surface area (Å²) in [6.07, 6.45) is 0.773. The second-order valence-electron chi connectivity index (χ2n) is 2.14. The van der Waals surface area contributed by atoms with E-state index < -0.39 is 8.60 Å². The number of hydrogen-bond donors (Lipinski definition) is 0. The van der Waals surface area contributed by atoms with Crippen LogP contribution in [0.15, 0.2) is 0 Å². The van der Waals surface area contributed by atoms with Crippen molar-refractivity contribution in [2.45, 2.75) is 6.42 Å². The van der Waals surface area contributed by atoms with Crippen LogP contribution in [-0.4, -0.2) is 37.5 Å². The molecule has 86 valence electrons. The highest BCUT2D eigenvalue weighted by Crippen LogP contribution is 2.39. The van der Waals surface area contributed by atoms with Crippen LogP contribution in [0, 0.1) is 0 Å². The van der Waals surface area contributed by atoms with Crippen LogP contribution in [0.5, 0.6) is 0 Å². The minimum Gasteiger partial charge on any atom is -0.312 e. The molecular formula is C7H14Cl3O3P. The van der Waals surface area contributed by atoms with E-state index >= 15 is 0 Å². The monoisotopic (exact) mass is 282 g/mol. The van der Waals surface area contributed by atoms with Crippen LogP contribution < -0.4 is 0 Å². The van der Waals surface area contributed by atoms with Gasteiger partial charge in [-0.05, 0) is 6.42 Å². The van der Waals surface area contributed by atoms with Gasteiger partial charge in [0, 0.05) is 17.6 Å². The van der Waals surface area contributed by atoms with Gasteiger partial charge in [0.15, 0.2) is 0 Å². The van der Waals surface area contributed by atoms with Crippen molar-refractivity contribution in [1.29, 1.82) is 0 Å². The quantitative estimate of drug-likeness (QED) is 0.349. The highest BCUT2D eigenvalue weighted by Gasteiger charge is 2.11. The molecule has 0 spiro atoms. The van der Waals surface area contributed by atoms with Crippen LogP contribution in [0.2, 0.25) is 0 Å². The molecule has 0 radical (unpaired) electrons. The molecule has 0 N–H and O–H groups in total. The predicted molar refractivity (Wildman–Crippen MR) is 61.6 cm³/mol. The predicted octanol–water partition coefficient (Wildman–Crippen LogP) is 3.37. The SMILES string of the molecule is ClCCCOP(OCCCl)OCCCl. The van der Waals surface area contributed by atoms with Crippen LogP contribution in [0.4, 0.5) is 0 Å². The van der Waals surface area contributed by atoms with Crippen molar-refractivity contribution in [3.05, 3.63) is 0 Å². The molecule has 0 aliphatic carbocycles. The Balaban J connectivity index is 3.49. The molecule has 0 unspecified atom stereocenters. The van der Waals surface area contributed by atoms with Crippen molar-refractivity contribution in [2.24, 2.45) is 0 Å². The Hall–Kier alpha value is 1.18. The molecule has 0 heterocycles. The summed E-state index contributed by atoms with van der Waals surface area (Å²) in [6, 6.07) is 0. The van der Waals surface area contributed by atoms with Gasteiger partial charge < -0.3 is 13.6 Å². The van der Waals surface area contributed by atoms with Gasteiger partial charge in [0.05, 0.1) is 19.8 Å². The van der Waals surface area contributed by atoms with Gasteiger partial charge in [0.2, 0.25) is 0 Å². The zero-order chi connectivity index (χ0) is 10.6. The lowest BCUT2D eigenvalue weighted by Gasteiger charge is -2.15. The molecule has 0 saturated heterocycles. The van der Waals surface area contributed by atoms with E-state index in [-0.39, 0.29) is 0 Å². The molecule has 0 rings (SSSR count). The molecular weight excluding hydrogens is 269 g/mol. The maximum Gasteiger partial charge on any atom is 0.332 e. The van der Waals surface area contributed by atoms with E-state index in [1.807, 2.05) is 0 Å². The summed E-state index contributed by atoms with van der Waals surface area (Å²) in [5, 5.41) is 0. The molecule has 0 aromatic carbocycles. The first kappa shape index (κ1) is 15.2. The lowest BCUT2D eigenvalue weighted by molar-refractivity contribution is 0.172. The first-order chi connectivity index (χ1) is 6.85. The summed E-state index contributed by atoms with van der Waals surface area (Å²) in [6.45, 7) is 1.35. The molecule has 0 aliphatic heterocycles. The topological polar surface area (TPSA) is 27.7 Å². The van der Waals surface area contributed by atoms with Gasteiger partial charge in [-0.1, -0.05) is 0 Å². The summed E-state index contributed by atoms with van der Waals surface area (Å²) in [7, 11) is -1.31. The standard InChI is InChI=1S/C7H14Cl3O3P/c8-2-1-5-11-14(12-6-3-9)13-7-4-10/h1-7H2. The molecule has 0 aromatic rings. The van der Waals surface area contributed by atoms with Crippen LogP contribution in [0.3, 0.4) is 0 Å². The van der Waals surface area contributed by atoms with Gasteiger partial charge in [-0.25, -0.2) is 0 Å². The molecule has 14 heavy (non-hydrogen) atoms.